The van der Waals surface area contributed by atoms with Gasteiger partial charge in [-0.15, -0.1) is 5.10 Å². The van der Waals surface area contributed by atoms with Gasteiger partial charge >= 0.3 is 0 Å². The first-order chi connectivity index (χ1) is 19.0. The Morgan fingerprint density at radius 1 is 1.03 bits per heavy atom. The van der Waals surface area contributed by atoms with E-state index < -0.39 is 36.2 Å². The Balaban J connectivity index is 1.47. The van der Waals surface area contributed by atoms with Gasteiger partial charge in [0.05, 0.1) is 18.2 Å². The Morgan fingerprint density at radius 2 is 1.74 bits per heavy atom. The van der Waals surface area contributed by atoms with Crippen LogP contribution in [0.15, 0.2) is 78.4 Å². The van der Waals surface area contributed by atoms with Crippen molar-refractivity contribution in [2.75, 3.05) is 19.0 Å². The number of rotatable bonds is 9. The number of benzene rings is 2. The fourth-order valence-corrected chi connectivity index (χ4v) is 4.70. The number of amides is 4. The molecule has 5 rings (SSSR count). The standard InChI is InChI=1S/C27H22N6O5S/c1-38-19-10-8-18(9-11-19)29-25(35)24(22-16-39-31-30-22)32(14-17-5-4-12-28-13-17)23(34)15-33-26(36)20-6-2-3-7-21(20)27(33)37/h2-13,16,24H,14-15H2,1H3,(H,29,35)/t24-/m1/s1. The highest BCUT2D eigenvalue weighted by Crippen LogP contribution is 2.27. The molecule has 0 bridgehead atoms. The summed E-state index contributed by atoms with van der Waals surface area (Å²) in [7, 11) is 1.54. The highest BCUT2D eigenvalue weighted by Gasteiger charge is 2.40. The Bertz CT molecular complexity index is 1480. The number of carbonyl (C=O) groups excluding carboxylic acids is 4. The largest absolute Gasteiger partial charge is 0.497 e. The number of nitrogens with one attached hydrogen (secondary N) is 1. The zero-order valence-corrected chi connectivity index (χ0v) is 21.5. The number of ether oxygens (including phenoxy) is 1. The molecule has 0 fully saturated rings. The van der Waals surface area contributed by atoms with E-state index >= 15 is 0 Å². The van der Waals surface area contributed by atoms with E-state index in [0.29, 0.717) is 17.0 Å². The molecule has 0 spiro atoms. The zero-order chi connectivity index (χ0) is 27.4. The minimum absolute atomic E-state index is 0.0337. The van der Waals surface area contributed by atoms with E-state index in [4.69, 9.17) is 4.74 Å². The summed E-state index contributed by atoms with van der Waals surface area (Å²) in [6.07, 6.45) is 3.16. The Hall–Kier alpha value is -4.97. The van der Waals surface area contributed by atoms with E-state index in [0.717, 1.165) is 16.4 Å². The molecule has 0 unspecified atom stereocenters. The summed E-state index contributed by atoms with van der Waals surface area (Å²) in [5.74, 6) is -1.70. The van der Waals surface area contributed by atoms with Crippen LogP contribution in [0.1, 0.15) is 38.0 Å². The van der Waals surface area contributed by atoms with Crippen LogP contribution >= 0.6 is 11.5 Å². The molecule has 11 nitrogen and oxygen atoms in total. The quantitative estimate of drug-likeness (QED) is 0.319. The maximum atomic E-state index is 13.8. The third kappa shape index (κ3) is 5.36. The summed E-state index contributed by atoms with van der Waals surface area (Å²) < 4.78 is 9.06. The predicted octanol–water partition coefficient (Wildman–Crippen LogP) is 2.95. The number of imide groups is 1. The van der Waals surface area contributed by atoms with Crippen LogP contribution in [0, 0.1) is 0 Å². The van der Waals surface area contributed by atoms with Crippen molar-refractivity contribution in [3.8, 4) is 5.75 Å². The van der Waals surface area contributed by atoms with Gasteiger partial charge in [0, 0.05) is 30.0 Å². The van der Waals surface area contributed by atoms with Gasteiger partial charge in [0.1, 0.15) is 18.0 Å². The van der Waals surface area contributed by atoms with Crippen molar-refractivity contribution in [1.29, 1.82) is 0 Å². The number of aromatic nitrogens is 3. The predicted molar refractivity (Wildman–Crippen MR) is 141 cm³/mol. The second-order valence-electron chi connectivity index (χ2n) is 8.58. The topological polar surface area (TPSA) is 135 Å². The summed E-state index contributed by atoms with van der Waals surface area (Å²) in [6.45, 7) is -0.593. The molecule has 0 radical (unpaired) electrons. The molecule has 2 aromatic heterocycles. The van der Waals surface area contributed by atoms with Gasteiger partial charge in [-0.05, 0) is 59.6 Å². The minimum atomic E-state index is -1.21. The second kappa shape index (κ2) is 11.2. The molecule has 1 N–H and O–H groups in total. The number of anilines is 1. The van der Waals surface area contributed by atoms with Gasteiger partial charge in [-0.3, -0.25) is 29.1 Å². The van der Waals surface area contributed by atoms with Crippen molar-refractivity contribution in [1.82, 2.24) is 24.4 Å². The molecule has 0 saturated heterocycles. The average Bonchev–Trinajstić information content (AvgIpc) is 3.57. The van der Waals surface area contributed by atoms with E-state index in [1.807, 2.05) is 0 Å². The van der Waals surface area contributed by atoms with Crippen LogP contribution in [-0.2, 0) is 16.1 Å². The smallest absolute Gasteiger partial charge is 0.262 e. The summed E-state index contributed by atoms with van der Waals surface area (Å²) in [4.78, 5) is 59.7. The Labute approximate surface area is 227 Å². The summed E-state index contributed by atoms with van der Waals surface area (Å²) in [5, 5.41) is 8.46. The molecule has 1 atom stereocenters. The fraction of sp³-hybridized carbons (Fsp3) is 0.148. The van der Waals surface area contributed by atoms with E-state index in [1.54, 1.807) is 78.4 Å². The first-order valence-corrected chi connectivity index (χ1v) is 12.7. The van der Waals surface area contributed by atoms with Crippen LogP contribution in [0.3, 0.4) is 0 Å². The summed E-state index contributed by atoms with van der Waals surface area (Å²) >= 11 is 1.03. The van der Waals surface area contributed by atoms with Gasteiger partial charge in [0.25, 0.3) is 17.7 Å². The van der Waals surface area contributed by atoms with Crippen molar-refractivity contribution >= 4 is 40.8 Å². The van der Waals surface area contributed by atoms with E-state index in [2.05, 4.69) is 19.9 Å². The highest BCUT2D eigenvalue weighted by atomic mass is 32.1. The lowest BCUT2D eigenvalue weighted by molar-refractivity contribution is -0.140. The van der Waals surface area contributed by atoms with Crippen LogP contribution in [0.4, 0.5) is 5.69 Å². The fourth-order valence-electron chi connectivity index (χ4n) is 4.23. The molecule has 196 valence electrons. The maximum Gasteiger partial charge on any atom is 0.262 e. The number of hydrogen-bond donors (Lipinski definition) is 1. The molecule has 2 aromatic carbocycles. The van der Waals surface area contributed by atoms with Crippen molar-refractivity contribution in [2.45, 2.75) is 12.6 Å². The van der Waals surface area contributed by atoms with Crippen molar-refractivity contribution < 1.29 is 23.9 Å². The normalized spacial score (nSPS) is 13.1. The third-order valence-corrected chi connectivity index (χ3v) is 6.67. The Morgan fingerprint density at radius 3 is 2.33 bits per heavy atom. The third-order valence-electron chi connectivity index (χ3n) is 6.14. The lowest BCUT2D eigenvalue weighted by atomic mass is 10.1. The van der Waals surface area contributed by atoms with Crippen LogP contribution in [0.5, 0.6) is 5.75 Å². The van der Waals surface area contributed by atoms with Gasteiger partial charge in [0.15, 0.2) is 6.04 Å². The van der Waals surface area contributed by atoms with E-state index in [9.17, 15) is 19.2 Å². The summed E-state index contributed by atoms with van der Waals surface area (Å²) in [5.41, 5.74) is 1.81. The van der Waals surface area contributed by atoms with E-state index in [1.165, 1.54) is 12.0 Å². The van der Waals surface area contributed by atoms with Crippen LogP contribution in [0.25, 0.3) is 0 Å². The molecule has 3 heterocycles. The molecule has 39 heavy (non-hydrogen) atoms. The number of methoxy groups -OCH3 is 1. The average molecular weight is 543 g/mol. The molecular weight excluding hydrogens is 520 g/mol. The van der Waals surface area contributed by atoms with Gasteiger partial charge in [-0.2, -0.15) is 0 Å². The number of hydrogen-bond acceptors (Lipinski definition) is 9. The molecule has 12 heteroatoms. The lowest BCUT2D eigenvalue weighted by Gasteiger charge is -2.31. The summed E-state index contributed by atoms with van der Waals surface area (Å²) in [6, 6.07) is 15.3. The van der Waals surface area contributed by atoms with Crippen LogP contribution in [0.2, 0.25) is 0 Å². The van der Waals surface area contributed by atoms with Gasteiger partial charge < -0.3 is 15.0 Å². The lowest BCUT2D eigenvalue weighted by Crippen LogP contribution is -2.47. The maximum absolute atomic E-state index is 13.8. The van der Waals surface area contributed by atoms with Gasteiger partial charge in [0.2, 0.25) is 5.91 Å². The molecule has 1 aliphatic rings. The molecule has 4 amide bonds. The molecule has 4 aromatic rings. The monoisotopic (exact) mass is 542 g/mol. The molecule has 1 aliphatic heterocycles. The first-order valence-electron chi connectivity index (χ1n) is 11.8. The number of fused-ring (bicyclic) bond motifs is 1. The van der Waals surface area contributed by atoms with Gasteiger partial charge in [-0.1, -0.05) is 22.7 Å². The zero-order valence-electron chi connectivity index (χ0n) is 20.7. The van der Waals surface area contributed by atoms with Crippen LogP contribution < -0.4 is 10.1 Å². The second-order valence-corrected chi connectivity index (χ2v) is 9.18. The number of pyridine rings is 1. The SMILES string of the molecule is COc1ccc(NC(=O)[C@@H](c2csnn2)N(Cc2cccnc2)C(=O)CN2C(=O)c3ccccc3C2=O)cc1. The number of carbonyl (C=O) groups is 4. The highest BCUT2D eigenvalue weighted by molar-refractivity contribution is 7.03. The first kappa shape index (κ1) is 25.7. The van der Waals surface area contributed by atoms with Crippen molar-refractivity contribution in [2.24, 2.45) is 0 Å². The molecule has 0 aliphatic carbocycles. The van der Waals surface area contributed by atoms with Crippen LogP contribution in [-0.4, -0.2) is 61.7 Å². The van der Waals surface area contributed by atoms with Crippen molar-refractivity contribution in [3.05, 3.63) is 101 Å². The Kier molecular flexibility index (Phi) is 7.37. The van der Waals surface area contributed by atoms with Gasteiger partial charge in [-0.25, -0.2) is 0 Å². The minimum Gasteiger partial charge on any atom is -0.497 e. The van der Waals surface area contributed by atoms with Crippen molar-refractivity contribution in [3.63, 3.8) is 0 Å². The van der Waals surface area contributed by atoms with E-state index in [-0.39, 0.29) is 23.4 Å². The molecular formula is C27H22N6O5S. The molecule has 0 saturated carbocycles. The number of nitrogens with zero attached hydrogens (tertiary/aromatic N) is 5.